The maximum atomic E-state index is 14.0. The maximum absolute atomic E-state index is 14.0. The molecular weight excluding hydrogens is 306 g/mol. The molecule has 2 heterocycles. The number of carbonyl (C=O) groups excluding carboxylic acids is 1. The van der Waals surface area contributed by atoms with E-state index in [2.05, 4.69) is 4.98 Å². The number of likely N-dealkylation sites (tertiary alicyclic amines) is 1. The third-order valence-electron chi connectivity index (χ3n) is 3.85. The van der Waals surface area contributed by atoms with Crippen LogP contribution >= 0.6 is 0 Å². The Bertz CT molecular complexity index is 754. The van der Waals surface area contributed by atoms with Crippen LogP contribution in [-0.4, -0.2) is 38.7 Å². The smallest absolute Gasteiger partial charge is 0.276 e. The molecule has 0 saturated carbocycles. The van der Waals surface area contributed by atoms with Gasteiger partial charge in [0, 0.05) is 18.3 Å². The number of pyridine rings is 1. The quantitative estimate of drug-likeness (QED) is 0.888. The number of aliphatic hydroxyl groups is 1. The van der Waals surface area contributed by atoms with Gasteiger partial charge in [0.2, 0.25) is 0 Å². The molecule has 1 saturated heterocycles. The molecule has 5 nitrogen and oxygen atoms in total. The second kappa shape index (κ2) is 5.92. The summed E-state index contributed by atoms with van der Waals surface area (Å²) < 4.78 is 27.4. The van der Waals surface area contributed by atoms with Gasteiger partial charge in [-0.15, -0.1) is 0 Å². The molecular formula is C16H14F2N2O3. The lowest BCUT2D eigenvalue weighted by molar-refractivity contribution is 0.0704. The maximum Gasteiger partial charge on any atom is 0.276 e. The van der Waals surface area contributed by atoms with Gasteiger partial charge >= 0.3 is 0 Å². The third-order valence-corrected chi connectivity index (χ3v) is 3.85. The molecule has 1 aliphatic rings. The van der Waals surface area contributed by atoms with Gasteiger partial charge in [-0.1, -0.05) is 0 Å². The van der Waals surface area contributed by atoms with Crippen molar-refractivity contribution in [1.29, 1.82) is 0 Å². The van der Waals surface area contributed by atoms with E-state index in [-0.39, 0.29) is 30.0 Å². The number of aromatic hydroxyl groups is 1. The molecule has 3 rings (SSSR count). The predicted octanol–water partition coefficient (Wildman–Crippen LogP) is 2.01. The molecule has 1 amide bonds. The van der Waals surface area contributed by atoms with Crippen LogP contribution in [0.15, 0.2) is 36.5 Å². The van der Waals surface area contributed by atoms with E-state index in [0.29, 0.717) is 0 Å². The van der Waals surface area contributed by atoms with Gasteiger partial charge in [0.25, 0.3) is 5.91 Å². The lowest BCUT2D eigenvalue weighted by atomic mass is 10.0. The van der Waals surface area contributed by atoms with Crippen molar-refractivity contribution in [2.75, 3.05) is 6.54 Å². The van der Waals surface area contributed by atoms with E-state index >= 15 is 0 Å². The average molecular weight is 320 g/mol. The average Bonchev–Trinajstić information content (AvgIpc) is 2.91. The fourth-order valence-electron chi connectivity index (χ4n) is 2.80. The summed E-state index contributed by atoms with van der Waals surface area (Å²) in [7, 11) is 0. The van der Waals surface area contributed by atoms with Gasteiger partial charge in [-0.25, -0.2) is 13.8 Å². The van der Waals surface area contributed by atoms with Gasteiger partial charge in [0.1, 0.15) is 17.4 Å². The molecule has 2 atom stereocenters. The van der Waals surface area contributed by atoms with Crippen LogP contribution in [0, 0.1) is 11.6 Å². The fraction of sp³-hybridized carbons (Fsp3) is 0.250. The van der Waals surface area contributed by atoms with Crippen LogP contribution in [0.2, 0.25) is 0 Å². The van der Waals surface area contributed by atoms with Crippen molar-refractivity contribution < 1.29 is 23.8 Å². The Morgan fingerprint density at radius 1 is 1.30 bits per heavy atom. The van der Waals surface area contributed by atoms with Crippen LogP contribution in [0.3, 0.4) is 0 Å². The van der Waals surface area contributed by atoms with Crippen LogP contribution in [-0.2, 0) is 0 Å². The number of aliphatic hydroxyl groups excluding tert-OH is 1. The Morgan fingerprint density at radius 3 is 2.83 bits per heavy atom. The van der Waals surface area contributed by atoms with E-state index in [9.17, 15) is 23.8 Å². The molecule has 2 N–H and O–H groups in total. The zero-order valence-electron chi connectivity index (χ0n) is 12.0. The van der Waals surface area contributed by atoms with E-state index in [1.807, 2.05) is 0 Å². The largest absolute Gasteiger partial charge is 0.505 e. The molecule has 0 radical (unpaired) electrons. The number of halogens is 2. The first-order valence-electron chi connectivity index (χ1n) is 7.05. The Labute approximate surface area is 130 Å². The van der Waals surface area contributed by atoms with Gasteiger partial charge in [-0.05, 0) is 36.8 Å². The normalized spacial score (nSPS) is 20.7. The van der Waals surface area contributed by atoms with Crippen molar-refractivity contribution in [1.82, 2.24) is 9.88 Å². The van der Waals surface area contributed by atoms with Gasteiger partial charge in [-0.2, -0.15) is 0 Å². The van der Waals surface area contributed by atoms with Crippen LogP contribution in [0.25, 0.3) is 0 Å². The van der Waals surface area contributed by atoms with E-state index < -0.39 is 29.7 Å². The molecule has 7 heteroatoms. The molecule has 23 heavy (non-hydrogen) atoms. The second-order valence-electron chi connectivity index (χ2n) is 5.40. The number of aromatic nitrogens is 1. The summed E-state index contributed by atoms with van der Waals surface area (Å²) in [6, 6.07) is 4.93. The van der Waals surface area contributed by atoms with E-state index in [1.165, 1.54) is 23.2 Å². The molecule has 1 aromatic heterocycles. The van der Waals surface area contributed by atoms with Crippen molar-refractivity contribution in [3.05, 3.63) is 59.4 Å². The third kappa shape index (κ3) is 2.87. The van der Waals surface area contributed by atoms with Crippen LogP contribution in [0.5, 0.6) is 5.75 Å². The number of amides is 1. The molecule has 1 aromatic carbocycles. The van der Waals surface area contributed by atoms with Crippen molar-refractivity contribution >= 4 is 5.91 Å². The van der Waals surface area contributed by atoms with Gasteiger partial charge in [0.15, 0.2) is 5.69 Å². The standard InChI is InChI=1S/C16H14F2N2O3/c17-9-3-4-12(18)11(6-9)13-7-10(21)8-20(13)16(23)15-14(22)2-1-5-19-15/h1-6,10,13,21-22H,7-8H2/t10-,13+/m0/s1. The summed E-state index contributed by atoms with van der Waals surface area (Å²) in [5.74, 6) is -2.24. The Hall–Kier alpha value is -2.54. The summed E-state index contributed by atoms with van der Waals surface area (Å²) in [4.78, 5) is 17.6. The Balaban J connectivity index is 1.99. The highest BCUT2D eigenvalue weighted by molar-refractivity contribution is 5.95. The van der Waals surface area contributed by atoms with E-state index in [0.717, 1.165) is 18.2 Å². The highest BCUT2D eigenvalue weighted by atomic mass is 19.1. The predicted molar refractivity (Wildman–Crippen MR) is 76.7 cm³/mol. The van der Waals surface area contributed by atoms with Crippen molar-refractivity contribution in [2.24, 2.45) is 0 Å². The first-order chi connectivity index (χ1) is 11.0. The number of rotatable bonds is 2. The first kappa shape index (κ1) is 15.4. The van der Waals surface area contributed by atoms with Gasteiger partial charge in [0.05, 0.1) is 12.1 Å². The van der Waals surface area contributed by atoms with Crippen LogP contribution < -0.4 is 0 Å². The Kier molecular flexibility index (Phi) is 3.96. The lowest BCUT2D eigenvalue weighted by Gasteiger charge is -2.25. The minimum Gasteiger partial charge on any atom is -0.505 e. The molecule has 0 unspecified atom stereocenters. The minimum absolute atomic E-state index is 0.00896. The number of nitrogens with zero attached hydrogens (tertiary/aromatic N) is 2. The van der Waals surface area contributed by atoms with E-state index in [4.69, 9.17) is 0 Å². The summed E-state index contributed by atoms with van der Waals surface area (Å²) in [6.45, 7) is -0.0462. The second-order valence-corrected chi connectivity index (χ2v) is 5.40. The first-order valence-corrected chi connectivity index (χ1v) is 7.05. The minimum atomic E-state index is -0.863. The molecule has 2 aromatic rings. The highest BCUT2D eigenvalue weighted by Crippen LogP contribution is 2.35. The monoisotopic (exact) mass is 320 g/mol. The summed E-state index contributed by atoms with van der Waals surface area (Å²) in [6.07, 6.45) is 0.564. The molecule has 120 valence electrons. The molecule has 1 aliphatic heterocycles. The summed E-state index contributed by atoms with van der Waals surface area (Å²) in [5, 5.41) is 19.6. The van der Waals surface area contributed by atoms with Crippen molar-refractivity contribution in [3.63, 3.8) is 0 Å². The lowest BCUT2D eigenvalue weighted by Crippen LogP contribution is -2.32. The van der Waals surface area contributed by atoms with E-state index in [1.54, 1.807) is 0 Å². The number of β-amino-alcohol motifs (C(OH)–C–C–N with tert-alkyl or cyclic N) is 1. The van der Waals surface area contributed by atoms with Crippen LogP contribution in [0.1, 0.15) is 28.5 Å². The zero-order chi connectivity index (χ0) is 16.6. The summed E-state index contributed by atoms with van der Waals surface area (Å²) in [5.41, 5.74) is -0.200. The number of hydrogen-bond donors (Lipinski definition) is 2. The number of carbonyl (C=O) groups is 1. The zero-order valence-corrected chi connectivity index (χ0v) is 12.0. The fourth-order valence-corrected chi connectivity index (χ4v) is 2.80. The molecule has 0 spiro atoms. The van der Waals surface area contributed by atoms with Gasteiger partial charge < -0.3 is 15.1 Å². The number of hydrogen-bond acceptors (Lipinski definition) is 4. The molecule has 0 aliphatic carbocycles. The van der Waals surface area contributed by atoms with Crippen LogP contribution in [0.4, 0.5) is 8.78 Å². The topological polar surface area (TPSA) is 73.7 Å². The van der Waals surface area contributed by atoms with Crippen molar-refractivity contribution in [2.45, 2.75) is 18.6 Å². The molecule has 1 fully saturated rings. The Morgan fingerprint density at radius 2 is 2.09 bits per heavy atom. The SMILES string of the molecule is O=C(c1ncccc1O)N1C[C@@H](O)C[C@@H]1c1cc(F)ccc1F. The highest BCUT2D eigenvalue weighted by Gasteiger charge is 2.38. The molecule has 0 bridgehead atoms. The number of benzene rings is 1. The van der Waals surface area contributed by atoms with Crippen molar-refractivity contribution in [3.8, 4) is 5.75 Å². The van der Waals surface area contributed by atoms with Gasteiger partial charge in [-0.3, -0.25) is 4.79 Å². The summed E-state index contributed by atoms with van der Waals surface area (Å²) >= 11 is 0.